The molecule has 0 saturated heterocycles. The Hall–Kier alpha value is -0.840. The smallest absolute Gasteiger partial charge is 0.224 e. The molecule has 1 aromatic heterocycles. The molecule has 0 aromatic carbocycles. The van der Waals surface area contributed by atoms with Crippen LogP contribution in [0.4, 0.5) is 11.8 Å². The van der Waals surface area contributed by atoms with Gasteiger partial charge in [0.2, 0.25) is 5.95 Å². The van der Waals surface area contributed by atoms with Crippen molar-refractivity contribution in [3.05, 3.63) is 10.7 Å². The van der Waals surface area contributed by atoms with E-state index in [0.29, 0.717) is 6.04 Å². The maximum atomic E-state index is 4.71. The number of rotatable bonds is 6. The largest absolute Gasteiger partial charge is 0.354 e. The first-order chi connectivity index (χ1) is 9.76. The molecule has 4 nitrogen and oxygen atoms in total. The molecule has 1 saturated carbocycles. The van der Waals surface area contributed by atoms with E-state index in [1.807, 2.05) is 6.20 Å². The molecule has 1 aromatic rings. The molecule has 112 valence electrons. The fraction of sp³-hybridized carbons (Fsp3) is 0.733. The zero-order valence-corrected chi connectivity index (χ0v) is 14.1. The topological polar surface area (TPSA) is 41.1 Å². The molecule has 1 aliphatic carbocycles. The molecule has 0 unspecified atom stereocenters. The molecule has 1 heterocycles. The molecule has 0 spiro atoms. The Morgan fingerprint density at radius 1 is 1.30 bits per heavy atom. The maximum Gasteiger partial charge on any atom is 0.224 e. The van der Waals surface area contributed by atoms with Crippen molar-refractivity contribution >= 4 is 27.7 Å². The molecule has 2 rings (SSSR count). The van der Waals surface area contributed by atoms with Gasteiger partial charge in [0, 0.05) is 25.3 Å². The lowest BCUT2D eigenvalue weighted by Crippen LogP contribution is -2.37. The van der Waals surface area contributed by atoms with E-state index in [2.05, 4.69) is 45.0 Å². The first kappa shape index (κ1) is 15.5. The summed E-state index contributed by atoms with van der Waals surface area (Å²) in [7, 11) is 0. The van der Waals surface area contributed by atoms with Gasteiger partial charge in [0.25, 0.3) is 0 Å². The average molecular weight is 341 g/mol. The Balaban J connectivity index is 2.18. The van der Waals surface area contributed by atoms with Crippen LogP contribution in [0.3, 0.4) is 0 Å². The van der Waals surface area contributed by atoms with Crippen molar-refractivity contribution in [2.24, 2.45) is 0 Å². The van der Waals surface area contributed by atoms with Crippen molar-refractivity contribution in [2.45, 2.75) is 58.4 Å². The Bertz CT molecular complexity index is 418. The standard InChI is InChI=1S/C15H25BrN4/c1-3-10-17-15-18-11-13(16)14(19-15)20(4-2)12-8-6-5-7-9-12/h11-12H,3-10H2,1-2H3,(H,17,18,19). The number of hydrogen-bond donors (Lipinski definition) is 1. The molecule has 5 heteroatoms. The van der Waals surface area contributed by atoms with Crippen LogP contribution in [0.2, 0.25) is 0 Å². The van der Waals surface area contributed by atoms with Crippen LogP contribution >= 0.6 is 15.9 Å². The molecule has 1 aliphatic rings. The minimum Gasteiger partial charge on any atom is -0.354 e. The molecule has 0 radical (unpaired) electrons. The Kier molecular flexibility index (Phi) is 6.07. The van der Waals surface area contributed by atoms with Crippen molar-refractivity contribution in [2.75, 3.05) is 23.3 Å². The summed E-state index contributed by atoms with van der Waals surface area (Å²) < 4.78 is 0.993. The van der Waals surface area contributed by atoms with Crippen molar-refractivity contribution in [3.63, 3.8) is 0 Å². The summed E-state index contributed by atoms with van der Waals surface area (Å²) in [5.41, 5.74) is 0. The molecule has 0 atom stereocenters. The van der Waals surface area contributed by atoms with Crippen molar-refractivity contribution in [1.29, 1.82) is 0 Å². The molecule has 1 N–H and O–H groups in total. The second-order valence-corrected chi connectivity index (χ2v) is 6.22. The van der Waals surface area contributed by atoms with Gasteiger partial charge in [0.1, 0.15) is 5.82 Å². The van der Waals surface area contributed by atoms with Gasteiger partial charge in [0.15, 0.2) is 0 Å². The van der Waals surface area contributed by atoms with E-state index in [9.17, 15) is 0 Å². The van der Waals surface area contributed by atoms with Crippen LogP contribution in [0, 0.1) is 0 Å². The van der Waals surface area contributed by atoms with Crippen LogP contribution < -0.4 is 10.2 Å². The first-order valence-corrected chi connectivity index (χ1v) is 8.58. The Morgan fingerprint density at radius 3 is 2.70 bits per heavy atom. The van der Waals surface area contributed by atoms with Gasteiger partial charge in [-0.3, -0.25) is 0 Å². The molecule has 0 amide bonds. The normalized spacial score (nSPS) is 16.1. The quantitative estimate of drug-likeness (QED) is 0.841. The average Bonchev–Trinajstić information content (AvgIpc) is 2.49. The SMILES string of the molecule is CCCNc1ncc(Br)c(N(CC)C2CCCCC2)n1. The number of aromatic nitrogens is 2. The minimum atomic E-state index is 0.624. The van der Waals surface area contributed by atoms with E-state index in [4.69, 9.17) is 4.98 Å². The minimum absolute atomic E-state index is 0.624. The number of nitrogens with zero attached hydrogens (tertiary/aromatic N) is 3. The van der Waals surface area contributed by atoms with Crippen molar-refractivity contribution in [1.82, 2.24) is 9.97 Å². The Morgan fingerprint density at radius 2 is 2.05 bits per heavy atom. The number of anilines is 2. The zero-order chi connectivity index (χ0) is 14.4. The second kappa shape index (κ2) is 7.81. The van der Waals surface area contributed by atoms with E-state index in [1.54, 1.807) is 0 Å². The van der Waals surface area contributed by atoms with Crippen LogP contribution in [0.25, 0.3) is 0 Å². The third-order valence-corrected chi connectivity index (χ3v) is 4.45. The van der Waals surface area contributed by atoms with Crippen molar-refractivity contribution in [3.8, 4) is 0 Å². The van der Waals surface area contributed by atoms with E-state index in [-0.39, 0.29) is 0 Å². The van der Waals surface area contributed by atoms with Crippen LogP contribution in [0.5, 0.6) is 0 Å². The summed E-state index contributed by atoms with van der Waals surface area (Å²) in [4.78, 5) is 11.5. The number of hydrogen-bond acceptors (Lipinski definition) is 4. The fourth-order valence-electron chi connectivity index (χ4n) is 2.86. The molecular formula is C15H25BrN4. The lowest BCUT2D eigenvalue weighted by Gasteiger charge is -2.35. The summed E-state index contributed by atoms with van der Waals surface area (Å²) in [6.45, 7) is 6.26. The fourth-order valence-corrected chi connectivity index (χ4v) is 3.27. The highest BCUT2D eigenvalue weighted by molar-refractivity contribution is 9.10. The molecule has 0 bridgehead atoms. The number of nitrogens with one attached hydrogen (secondary N) is 1. The first-order valence-electron chi connectivity index (χ1n) is 7.79. The third-order valence-electron chi connectivity index (χ3n) is 3.89. The summed E-state index contributed by atoms with van der Waals surface area (Å²) >= 11 is 3.61. The lowest BCUT2D eigenvalue weighted by atomic mass is 9.94. The van der Waals surface area contributed by atoms with E-state index >= 15 is 0 Å². The molecule has 1 fully saturated rings. The van der Waals surface area contributed by atoms with Crippen LogP contribution in [0.15, 0.2) is 10.7 Å². The van der Waals surface area contributed by atoms with Gasteiger partial charge in [-0.1, -0.05) is 26.2 Å². The van der Waals surface area contributed by atoms with E-state index < -0.39 is 0 Å². The predicted molar refractivity (Wildman–Crippen MR) is 88.4 cm³/mol. The van der Waals surface area contributed by atoms with Crippen LogP contribution in [-0.4, -0.2) is 29.1 Å². The summed E-state index contributed by atoms with van der Waals surface area (Å²) in [5.74, 6) is 1.77. The summed E-state index contributed by atoms with van der Waals surface area (Å²) in [5, 5.41) is 3.27. The van der Waals surface area contributed by atoms with Gasteiger partial charge in [-0.15, -0.1) is 0 Å². The molecule has 0 aliphatic heterocycles. The summed E-state index contributed by atoms with van der Waals surface area (Å²) in [6.07, 6.45) is 9.56. The zero-order valence-electron chi connectivity index (χ0n) is 12.5. The maximum absolute atomic E-state index is 4.71. The monoisotopic (exact) mass is 340 g/mol. The van der Waals surface area contributed by atoms with Gasteiger partial charge >= 0.3 is 0 Å². The molecular weight excluding hydrogens is 316 g/mol. The van der Waals surface area contributed by atoms with E-state index in [0.717, 1.165) is 35.7 Å². The highest BCUT2D eigenvalue weighted by Crippen LogP contribution is 2.31. The van der Waals surface area contributed by atoms with Crippen LogP contribution in [0.1, 0.15) is 52.4 Å². The predicted octanol–water partition coefficient (Wildman–Crippen LogP) is 4.22. The molecule has 20 heavy (non-hydrogen) atoms. The highest BCUT2D eigenvalue weighted by atomic mass is 79.9. The second-order valence-electron chi connectivity index (χ2n) is 5.37. The third kappa shape index (κ3) is 3.84. The van der Waals surface area contributed by atoms with Crippen LogP contribution in [-0.2, 0) is 0 Å². The van der Waals surface area contributed by atoms with E-state index in [1.165, 1.54) is 32.1 Å². The lowest BCUT2D eigenvalue weighted by molar-refractivity contribution is 0.416. The summed E-state index contributed by atoms with van der Waals surface area (Å²) in [6, 6.07) is 0.624. The van der Waals surface area contributed by atoms with Gasteiger partial charge < -0.3 is 10.2 Å². The van der Waals surface area contributed by atoms with Gasteiger partial charge in [-0.2, -0.15) is 4.98 Å². The Labute approximate surface area is 130 Å². The van der Waals surface area contributed by atoms with Gasteiger partial charge in [-0.25, -0.2) is 4.98 Å². The van der Waals surface area contributed by atoms with Gasteiger partial charge in [0.05, 0.1) is 4.47 Å². The highest BCUT2D eigenvalue weighted by Gasteiger charge is 2.23. The number of halogens is 1. The van der Waals surface area contributed by atoms with Crippen molar-refractivity contribution < 1.29 is 0 Å². The van der Waals surface area contributed by atoms with Gasteiger partial charge in [-0.05, 0) is 42.1 Å².